The molecular formula is C21H36O3. The van der Waals surface area contributed by atoms with Crippen molar-refractivity contribution in [2.45, 2.75) is 66.7 Å². The van der Waals surface area contributed by atoms with Gasteiger partial charge < -0.3 is 14.2 Å². The molecule has 0 spiro atoms. The van der Waals surface area contributed by atoms with Crippen molar-refractivity contribution in [3.05, 3.63) is 30.4 Å². The van der Waals surface area contributed by atoms with Crippen molar-refractivity contribution in [2.24, 2.45) is 0 Å². The van der Waals surface area contributed by atoms with Crippen LogP contribution in [0.25, 0.3) is 0 Å². The lowest BCUT2D eigenvalue weighted by atomic mass is 10.1. The van der Waals surface area contributed by atoms with Crippen molar-refractivity contribution in [3.8, 4) is 17.2 Å². The topological polar surface area (TPSA) is 27.7 Å². The molecule has 3 heteroatoms. The Kier molecular flexibility index (Phi) is 13.9. The third kappa shape index (κ3) is 8.28. The molecule has 0 radical (unpaired) electrons. The fourth-order valence-corrected chi connectivity index (χ4v) is 2.28. The van der Waals surface area contributed by atoms with Crippen molar-refractivity contribution in [2.75, 3.05) is 19.8 Å². The van der Waals surface area contributed by atoms with E-state index < -0.39 is 0 Å². The van der Waals surface area contributed by atoms with Crippen LogP contribution in [0.15, 0.2) is 24.8 Å². The lowest BCUT2D eigenvalue weighted by molar-refractivity contribution is 0.250. The van der Waals surface area contributed by atoms with Crippen LogP contribution in [0.2, 0.25) is 0 Å². The van der Waals surface area contributed by atoms with Gasteiger partial charge in [-0.25, -0.2) is 0 Å². The Labute approximate surface area is 149 Å². The molecule has 0 aromatic heterocycles. The van der Waals surface area contributed by atoms with E-state index in [2.05, 4.69) is 26.5 Å². The Morgan fingerprint density at radius 3 is 2.04 bits per heavy atom. The third-order valence-corrected chi connectivity index (χ3v) is 3.26. The Bertz CT molecular complexity index is 441. The normalized spacial score (nSPS) is 9.71. The molecule has 0 heterocycles. The predicted molar refractivity (Wildman–Crippen MR) is 104 cm³/mol. The summed E-state index contributed by atoms with van der Waals surface area (Å²) in [7, 11) is 0. The number of benzene rings is 1. The number of ether oxygens (including phenoxy) is 3. The molecule has 1 aromatic rings. The minimum Gasteiger partial charge on any atom is -0.490 e. The lowest BCUT2D eigenvalue weighted by Crippen LogP contribution is -2.05. The van der Waals surface area contributed by atoms with Gasteiger partial charge in [0, 0.05) is 0 Å². The van der Waals surface area contributed by atoms with Gasteiger partial charge >= 0.3 is 0 Å². The standard InChI is InChI=1S/C18H30O3.C3H6/c1-5-9-10-14-21-16-13-12-15(11-6-2)17(19-7-3)18(16)20-8-4;1-3-2/h12-13H,5-11,14H2,1-4H3;3H,1H2,2H3. The molecule has 138 valence electrons. The summed E-state index contributed by atoms with van der Waals surface area (Å²) in [5, 5.41) is 0. The number of aryl methyl sites for hydroxylation is 1. The van der Waals surface area contributed by atoms with Gasteiger partial charge in [-0.05, 0) is 45.2 Å². The summed E-state index contributed by atoms with van der Waals surface area (Å²) in [5.74, 6) is 2.42. The molecule has 0 saturated carbocycles. The van der Waals surface area contributed by atoms with Gasteiger partial charge in [-0.2, -0.15) is 0 Å². The largest absolute Gasteiger partial charge is 0.490 e. The molecule has 0 fully saturated rings. The quantitative estimate of drug-likeness (QED) is 0.356. The Balaban J connectivity index is 0.00000163. The zero-order valence-electron chi connectivity index (χ0n) is 16.3. The number of hydrogen-bond donors (Lipinski definition) is 0. The predicted octanol–water partition coefficient (Wildman–Crippen LogP) is 6.20. The summed E-state index contributed by atoms with van der Waals surface area (Å²) in [4.78, 5) is 0. The second kappa shape index (κ2) is 14.9. The maximum Gasteiger partial charge on any atom is 0.203 e. The minimum absolute atomic E-state index is 0.612. The van der Waals surface area contributed by atoms with Crippen LogP contribution in [-0.2, 0) is 6.42 Å². The van der Waals surface area contributed by atoms with Crippen molar-refractivity contribution >= 4 is 0 Å². The zero-order valence-corrected chi connectivity index (χ0v) is 16.3. The summed E-state index contributed by atoms with van der Waals surface area (Å²) in [6.45, 7) is 15.6. The average Bonchev–Trinajstić information content (AvgIpc) is 2.57. The molecule has 0 aliphatic heterocycles. The average molecular weight is 337 g/mol. The van der Waals surface area contributed by atoms with Gasteiger partial charge in [-0.1, -0.05) is 45.3 Å². The third-order valence-electron chi connectivity index (χ3n) is 3.26. The fourth-order valence-electron chi connectivity index (χ4n) is 2.28. The van der Waals surface area contributed by atoms with Crippen molar-refractivity contribution < 1.29 is 14.2 Å². The van der Waals surface area contributed by atoms with Crippen LogP contribution < -0.4 is 14.2 Å². The van der Waals surface area contributed by atoms with Gasteiger partial charge in [-0.3, -0.25) is 0 Å². The van der Waals surface area contributed by atoms with E-state index in [0.717, 1.165) is 43.1 Å². The fraction of sp³-hybridized carbons (Fsp3) is 0.619. The Morgan fingerprint density at radius 2 is 1.50 bits per heavy atom. The van der Waals surface area contributed by atoms with Crippen molar-refractivity contribution in [1.82, 2.24) is 0 Å². The molecule has 0 aliphatic carbocycles. The van der Waals surface area contributed by atoms with E-state index in [-0.39, 0.29) is 0 Å². The Morgan fingerprint density at radius 1 is 0.875 bits per heavy atom. The molecule has 0 aliphatic rings. The van der Waals surface area contributed by atoms with Crippen molar-refractivity contribution in [3.63, 3.8) is 0 Å². The highest BCUT2D eigenvalue weighted by molar-refractivity contribution is 5.56. The second-order valence-corrected chi connectivity index (χ2v) is 5.46. The molecular weight excluding hydrogens is 300 g/mol. The van der Waals surface area contributed by atoms with Crippen LogP contribution in [0.3, 0.4) is 0 Å². The van der Waals surface area contributed by atoms with E-state index in [0.29, 0.717) is 13.2 Å². The molecule has 3 nitrogen and oxygen atoms in total. The van der Waals surface area contributed by atoms with Crippen LogP contribution in [0.1, 0.15) is 65.9 Å². The van der Waals surface area contributed by atoms with Crippen LogP contribution in [0.4, 0.5) is 0 Å². The molecule has 0 bridgehead atoms. The van der Waals surface area contributed by atoms with Gasteiger partial charge in [0.25, 0.3) is 0 Å². The maximum atomic E-state index is 5.91. The van der Waals surface area contributed by atoms with E-state index in [9.17, 15) is 0 Å². The van der Waals surface area contributed by atoms with Gasteiger partial charge in [0.15, 0.2) is 11.5 Å². The van der Waals surface area contributed by atoms with Gasteiger partial charge in [-0.15, -0.1) is 6.58 Å². The van der Waals surface area contributed by atoms with E-state index in [1.54, 1.807) is 6.08 Å². The van der Waals surface area contributed by atoms with Crippen LogP contribution in [-0.4, -0.2) is 19.8 Å². The van der Waals surface area contributed by atoms with Crippen LogP contribution in [0.5, 0.6) is 17.2 Å². The highest BCUT2D eigenvalue weighted by Gasteiger charge is 2.16. The highest BCUT2D eigenvalue weighted by Crippen LogP contribution is 2.41. The molecule has 24 heavy (non-hydrogen) atoms. The second-order valence-electron chi connectivity index (χ2n) is 5.46. The first-order valence-corrected chi connectivity index (χ1v) is 9.31. The van der Waals surface area contributed by atoms with E-state index >= 15 is 0 Å². The van der Waals surface area contributed by atoms with Crippen molar-refractivity contribution in [1.29, 1.82) is 0 Å². The first-order valence-electron chi connectivity index (χ1n) is 9.31. The number of hydrogen-bond acceptors (Lipinski definition) is 3. The summed E-state index contributed by atoms with van der Waals surface area (Å²) in [6, 6.07) is 4.12. The summed E-state index contributed by atoms with van der Waals surface area (Å²) in [5.41, 5.74) is 1.20. The molecule has 0 saturated heterocycles. The first kappa shape index (κ1) is 22.4. The Hall–Kier alpha value is -1.64. The summed E-state index contributed by atoms with van der Waals surface area (Å²) in [6.07, 6.45) is 7.29. The van der Waals surface area contributed by atoms with E-state index in [4.69, 9.17) is 14.2 Å². The highest BCUT2D eigenvalue weighted by atomic mass is 16.5. The maximum absolute atomic E-state index is 5.91. The van der Waals surface area contributed by atoms with Gasteiger partial charge in [0.1, 0.15) is 0 Å². The summed E-state index contributed by atoms with van der Waals surface area (Å²) >= 11 is 0. The number of rotatable bonds is 11. The van der Waals surface area contributed by atoms with Gasteiger partial charge in [0.05, 0.1) is 19.8 Å². The van der Waals surface area contributed by atoms with E-state index in [1.807, 2.05) is 26.8 Å². The molecule has 0 amide bonds. The van der Waals surface area contributed by atoms with Gasteiger partial charge in [0.2, 0.25) is 5.75 Å². The zero-order chi connectivity index (χ0) is 18.2. The smallest absolute Gasteiger partial charge is 0.203 e. The van der Waals surface area contributed by atoms with E-state index in [1.165, 1.54) is 18.4 Å². The van der Waals surface area contributed by atoms with Crippen LogP contribution in [0, 0.1) is 0 Å². The molecule has 1 rings (SSSR count). The molecule has 0 atom stereocenters. The number of allylic oxidation sites excluding steroid dienone is 1. The monoisotopic (exact) mass is 336 g/mol. The molecule has 1 aromatic carbocycles. The molecule has 0 N–H and O–H groups in total. The molecule has 0 unspecified atom stereocenters. The first-order chi connectivity index (χ1) is 11.7. The van der Waals surface area contributed by atoms with Crippen LogP contribution >= 0.6 is 0 Å². The minimum atomic E-state index is 0.612. The SMILES string of the molecule is C=CC.CCCCCOc1ccc(CCC)c(OCC)c1OCC. The summed E-state index contributed by atoms with van der Waals surface area (Å²) < 4.78 is 17.6. The number of unbranched alkanes of at least 4 members (excludes halogenated alkanes) is 2. The lowest BCUT2D eigenvalue weighted by Gasteiger charge is -2.18.